The maximum absolute atomic E-state index is 6.05. The van der Waals surface area contributed by atoms with E-state index in [1.807, 2.05) is 11.6 Å². The number of hydrogen-bond acceptors (Lipinski definition) is 2. The minimum absolute atomic E-state index is 0.140. The molecule has 96 valence electrons. The van der Waals surface area contributed by atoms with Crippen LogP contribution < -0.4 is 5.73 Å². The SMILES string of the molecule is CCc1ccc(C(C)n2nc(C)c(Br)c2N)cc1. The van der Waals surface area contributed by atoms with E-state index in [4.69, 9.17) is 5.73 Å². The molecule has 2 rings (SSSR count). The number of nitrogens with zero attached hydrogens (tertiary/aromatic N) is 2. The Bertz CT molecular complexity index is 543. The zero-order chi connectivity index (χ0) is 13.3. The maximum atomic E-state index is 6.05. The number of rotatable bonds is 3. The lowest BCUT2D eigenvalue weighted by atomic mass is 10.1. The van der Waals surface area contributed by atoms with Crippen molar-refractivity contribution >= 4 is 21.7 Å². The standard InChI is InChI=1S/C14H18BrN3/c1-4-11-5-7-12(8-6-11)10(3)18-14(16)13(15)9(2)17-18/h5-8,10H,4,16H2,1-3H3. The summed E-state index contributed by atoms with van der Waals surface area (Å²) in [5.41, 5.74) is 9.53. The van der Waals surface area contributed by atoms with Gasteiger partial charge in [-0.15, -0.1) is 0 Å². The topological polar surface area (TPSA) is 43.8 Å². The number of anilines is 1. The summed E-state index contributed by atoms with van der Waals surface area (Å²) in [6.07, 6.45) is 1.06. The number of nitrogen functional groups attached to an aromatic ring is 1. The largest absolute Gasteiger partial charge is 0.383 e. The lowest BCUT2D eigenvalue weighted by molar-refractivity contribution is 0.569. The first-order chi connectivity index (χ1) is 8.54. The predicted octanol–water partition coefficient (Wildman–Crippen LogP) is 3.71. The first kappa shape index (κ1) is 13.1. The Hall–Kier alpha value is -1.29. The molecule has 2 aromatic rings. The van der Waals surface area contributed by atoms with Gasteiger partial charge in [0.25, 0.3) is 0 Å². The van der Waals surface area contributed by atoms with Crippen molar-refractivity contribution in [1.29, 1.82) is 0 Å². The molecule has 0 saturated carbocycles. The van der Waals surface area contributed by atoms with Gasteiger partial charge in [-0.2, -0.15) is 5.10 Å². The molecule has 1 aromatic heterocycles. The molecule has 0 radical (unpaired) electrons. The molecule has 0 bridgehead atoms. The van der Waals surface area contributed by atoms with Gasteiger partial charge in [-0.05, 0) is 47.3 Å². The highest BCUT2D eigenvalue weighted by Gasteiger charge is 2.16. The number of aromatic nitrogens is 2. The van der Waals surface area contributed by atoms with Crippen molar-refractivity contribution in [2.45, 2.75) is 33.2 Å². The van der Waals surface area contributed by atoms with Gasteiger partial charge in [0.15, 0.2) is 0 Å². The lowest BCUT2D eigenvalue weighted by Gasteiger charge is -2.14. The van der Waals surface area contributed by atoms with Gasteiger partial charge >= 0.3 is 0 Å². The molecule has 1 aromatic carbocycles. The van der Waals surface area contributed by atoms with Gasteiger partial charge in [-0.1, -0.05) is 31.2 Å². The van der Waals surface area contributed by atoms with E-state index < -0.39 is 0 Å². The Morgan fingerprint density at radius 3 is 2.39 bits per heavy atom. The van der Waals surface area contributed by atoms with Crippen LogP contribution in [-0.2, 0) is 6.42 Å². The highest BCUT2D eigenvalue weighted by molar-refractivity contribution is 9.10. The summed E-state index contributed by atoms with van der Waals surface area (Å²) < 4.78 is 2.75. The molecule has 0 aliphatic heterocycles. The zero-order valence-corrected chi connectivity index (χ0v) is 12.5. The van der Waals surface area contributed by atoms with E-state index in [-0.39, 0.29) is 6.04 Å². The van der Waals surface area contributed by atoms with Gasteiger partial charge in [-0.25, -0.2) is 4.68 Å². The van der Waals surface area contributed by atoms with Crippen LogP contribution in [0.25, 0.3) is 0 Å². The van der Waals surface area contributed by atoms with Gasteiger partial charge in [0.05, 0.1) is 16.2 Å². The monoisotopic (exact) mass is 307 g/mol. The first-order valence-corrected chi connectivity index (χ1v) is 6.92. The minimum atomic E-state index is 0.140. The number of halogens is 1. The number of aryl methyl sites for hydroxylation is 2. The van der Waals surface area contributed by atoms with Crippen molar-refractivity contribution in [3.05, 3.63) is 45.6 Å². The molecule has 0 aliphatic rings. The quantitative estimate of drug-likeness (QED) is 0.939. The van der Waals surface area contributed by atoms with Gasteiger partial charge in [0.2, 0.25) is 0 Å². The highest BCUT2D eigenvalue weighted by Crippen LogP contribution is 2.28. The second-order valence-electron chi connectivity index (χ2n) is 4.50. The van der Waals surface area contributed by atoms with E-state index in [1.165, 1.54) is 11.1 Å². The normalized spacial score (nSPS) is 12.7. The van der Waals surface area contributed by atoms with Crippen molar-refractivity contribution in [2.24, 2.45) is 0 Å². The van der Waals surface area contributed by atoms with Gasteiger partial charge in [0.1, 0.15) is 5.82 Å². The summed E-state index contributed by atoms with van der Waals surface area (Å²) in [7, 11) is 0. The third-order valence-electron chi connectivity index (χ3n) is 3.28. The van der Waals surface area contributed by atoms with E-state index in [2.05, 4.69) is 59.1 Å². The van der Waals surface area contributed by atoms with Crippen molar-refractivity contribution in [3.8, 4) is 0 Å². The Morgan fingerprint density at radius 1 is 1.33 bits per heavy atom. The summed E-state index contributed by atoms with van der Waals surface area (Å²) in [6.45, 7) is 6.21. The third-order valence-corrected chi connectivity index (χ3v) is 4.26. The molecular formula is C14H18BrN3. The fourth-order valence-electron chi connectivity index (χ4n) is 2.01. The maximum Gasteiger partial charge on any atom is 0.137 e. The average Bonchev–Trinajstić information content (AvgIpc) is 2.66. The lowest BCUT2D eigenvalue weighted by Crippen LogP contribution is -2.11. The molecule has 0 amide bonds. The molecular weight excluding hydrogens is 290 g/mol. The van der Waals surface area contributed by atoms with Crippen molar-refractivity contribution < 1.29 is 0 Å². The molecule has 4 heteroatoms. The van der Waals surface area contributed by atoms with Crippen molar-refractivity contribution in [1.82, 2.24) is 9.78 Å². The smallest absolute Gasteiger partial charge is 0.137 e. The summed E-state index contributed by atoms with van der Waals surface area (Å²) in [5.74, 6) is 0.680. The van der Waals surface area contributed by atoms with Crippen LogP contribution in [0.1, 0.15) is 36.7 Å². The van der Waals surface area contributed by atoms with E-state index >= 15 is 0 Å². The summed E-state index contributed by atoms with van der Waals surface area (Å²) >= 11 is 3.46. The van der Waals surface area contributed by atoms with Crippen LogP contribution in [0.4, 0.5) is 5.82 Å². The molecule has 0 spiro atoms. The van der Waals surface area contributed by atoms with Crippen LogP contribution in [0, 0.1) is 6.92 Å². The highest BCUT2D eigenvalue weighted by atomic mass is 79.9. The zero-order valence-electron chi connectivity index (χ0n) is 10.9. The molecule has 0 aliphatic carbocycles. The number of benzene rings is 1. The van der Waals surface area contributed by atoms with Crippen LogP contribution in [0.3, 0.4) is 0 Å². The van der Waals surface area contributed by atoms with Gasteiger partial charge in [0, 0.05) is 0 Å². The van der Waals surface area contributed by atoms with Crippen molar-refractivity contribution in [2.75, 3.05) is 5.73 Å². The molecule has 0 fully saturated rings. The van der Waals surface area contributed by atoms with E-state index in [1.54, 1.807) is 0 Å². The second-order valence-corrected chi connectivity index (χ2v) is 5.29. The van der Waals surface area contributed by atoms with E-state index in [0.29, 0.717) is 5.82 Å². The predicted molar refractivity (Wildman–Crippen MR) is 78.7 cm³/mol. The van der Waals surface area contributed by atoms with Crippen LogP contribution in [0.5, 0.6) is 0 Å². The molecule has 0 saturated heterocycles. The van der Waals surface area contributed by atoms with E-state index in [0.717, 1.165) is 16.6 Å². The Labute approximate surface area is 116 Å². The van der Waals surface area contributed by atoms with Crippen molar-refractivity contribution in [3.63, 3.8) is 0 Å². The third kappa shape index (κ3) is 2.29. The van der Waals surface area contributed by atoms with Crippen LogP contribution in [-0.4, -0.2) is 9.78 Å². The van der Waals surface area contributed by atoms with Gasteiger partial charge in [-0.3, -0.25) is 0 Å². The fourth-order valence-corrected chi connectivity index (χ4v) is 2.27. The minimum Gasteiger partial charge on any atom is -0.383 e. The Balaban J connectivity index is 2.34. The number of hydrogen-bond donors (Lipinski definition) is 1. The summed E-state index contributed by atoms with van der Waals surface area (Å²) in [6, 6.07) is 8.75. The second kappa shape index (κ2) is 5.14. The molecule has 1 atom stereocenters. The summed E-state index contributed by atoms with van der Waals surface area (Å²) in [4.78, 5) is 0. The van der Waals surface area contributed by atoms with Crippen LogP contribution in [0.2, 0.25) is 0 Å². The molecule has 18 heavy (non-hydrogen) atoms. The summed E-state index contributed by atoms with van der Waals surface area (Å²) in [5, 5.41) is 4.47. The molecule has 2 N–H and O–H groups in total. The van der Waals surface area contributed by atoms with Crippen LogP contribution >= 0.6 is 15.9 Å². The molecule has 1 unspecified atom stereocenters. The Morgan fingerprint density at radius 2 is 1.94 bits per heavy atom. The van der Waals surface area contributed by atoms with Gasteiger partial charge < -0.3 is 5.73 Å². The average molecular weight is 308 g/mol. The number of nitrogens with two attached hydrogens (primary N) is 1. The Kier molecular flexibility index (Phi) is 3.76. The van der Waals surface area contributed by atoms with Crippen LogP contribution in [0.15, 0.2) is 28.7 Å². The molecule has 1 heterocycles. The fraction of sp³-hybridized carbons (Fsp3) is 0.357. The van der Waals surface area contributed by atoms with E-state index in [9.17, 15) is 0 Å². The molecule has 3 nitrogen and oxygen atoms in total. The first-order valence-electron chi connectivity index (χ1n) is 6.13.